The number of hydrogen-bond donors (Lipinski definition) is 1. The number of anilines is 1. The molecule has 3 aliphatic heterocycles. The summed E-state index contributed by atoms with van der Waals surface area (Å²) in [5.74, 6) is 0.141. The van der Waals surface area contributed by atoms with Gasteiger partial charge < -0.3 is 10.2 Å². The summed E-state index contributed by atoms with van der Waals surface area (Å²) in [5, 5.41) is 3.24. The number of nitrogens with zero attached hydrogens (tertiary/aromatic N) is 2. The molecule has 0 saturated carbocycles. The summed E-state index contributed by atoms with van der Waals surface area (Å²) in [6.45, 7) is 3.02. The zero-order valence-corrected chi connectivity index (χ0v) is 14.0. The van der Waals surface area contributed by atoms with E-state index in [4.69, 9.17) is 0 Å². The lowest BCUT2D eigenvalue weighted by Crippen LogP contribution is -2.46. The van der Waals surface area contributed by atoms with Crippen LogP contribution in [-0.2, 0) is 4.79 Å². The highest BCUT2D eigenvalue weighted by Crippen LogP contribution is 2.28. The molecule has 5 heteroatoms. The molecule has 3 fully saturated rings. The van der Waals surface area contributed by atoms with Crippen molar-refractivity contribution >= 4 is 17.5 Å². The number of carbonyl (C=O) groups excluding carboxylic acids is 2. The topological polar surface area (TPSA) is 52.7 Å². The van der Waals surface area contributed by atoms with Crippen LogP contribution in [0.3, 0.4) is 0 Å². The van der Waals surface area contributed by atoms with Crippen molar-refractivity contribution < 1.29 is 9.59 Å². The SMILES string of the molecule is O=C(N[C@H]1CCN2CCCC[C@@H]12)c1cccc(N2CCCC2=O)c1. The van der Waals surface area contributed by atoms with Crippen LogP contribution in [0.4, 0.5) is 5.69 Å². The van der Waals surface area contributed by atoms with E-state index in [1.54, 1.807) is 4.90 Å². The van der Waals surface area contributed by atoms with Crippen LogP contribution in [0.25, 0.3) is 0 Å². The third kappa shape index (κ3) is 2.93. The molecule has 24 heavy (non-hydrogen) atoms. The third-order valence-corrected chi connectivity index (χ3v) is 5.67. The van der Waals surface area contributed by atoms with E-state index < -0.39 is 0 Å². The van der Waals surface area contributed by atoms with Crippen LogP contribution in [0.5, 0.6) is 0 Å². The van der Waals surface area contributed by atoms with Gasteiger partial charge in [-0.2, -0.15) is 0 Å². The van der Waals surface area contributed by atoms with Gasteiger partial charge in [-0.3, -0.25) is 14.5 Å². The average Bonchev–Trinajstić information content (AvgIpc) is 3.22. The zero-order valence-electron chi connectivity index (χ0n) is 14.0. The first kappa shape index (κ1) is 15.6. The molecule has 0 radical (unpaired) electrons. The van der Waals surface area contributed by atoms with E-state index >= 15 is 0 Å². The van der Waals surface area contributed by atoms with Gasteiger partial charge in [0.1, 0.15) is 0 Å². The molecule has 1 aromatic carbocycles. The fourth-order valence-corrected chi connectivity index (χ4v) is 4.40. The van der Waals surface area contributed by atoms with E-state index in [9.17, 15) is 9.59 Å². The van der Waals surface area contributed by atoms with Gasteiger partial charge in [-0.15, -0.1) is 0 Å². The fourth-order valence-electron chi connectivity index (χ4n) is 4.40. The van der Waals surface area contributed by atoms with Crippen LogP contribution in [0.2, 0.25) is 0 Å². The number of rotatable bonds is 3. The third-order valence-electron chi connectivity index (χ3n) is 5.67. The molecule has 0 unspecified atom stereocenters. The Labute approximate surface area is 143 Å². The molecular weight excluding hydrogens is 302 g/mol. The van der Waals surface area contributed by atoms with E-state index in [1.165, 1.54) is 25.8 Å². The molecule has 1 N–H and O–H groups in total. The summed E-state index contributed by atoms with van der Waals surface area (Å²) in [5.41, 5.74) is 1.50. The van der Waals surface area contributed by atoms with Crippen LogP contribution in [0.15, 0.2) is 24.3 Å². The van der Waals surface area contributed by atoms with Gasteiger partial charge in [-0.1, -0.05) is 12.5 Å². The van der Waals surface area contributed by atoms with Crippen molar-refractivity contribution in [2.24, 2.45) is 0 Å². The fraction of sp³-hybridized carbons (Fsp3) is 0.579. The van der Waals surface area contributed by atoms with Crippen molar-refractivity contribution in [2.45, 2.75) is 50.6 Å². The molecule has 3 saturated heterocycles. The number of benzene rings is 1. The van der Waals surface area contributed by atoms with Gasteiger partial charge in [0, 0.05) is 42.8 Å². The van der Waals surface area contributed by atoms with Gasteiger partial charge in [0.15, 0.2) is 0 Å². The molecule has 0 aliphatic carbocycles. The normalized spacial score (nSPS) is 27.3. The Balaban J connectivity index is 1.46. The summed E-state index contributed by atoms with van der Waals surface area (Å²) in [4.78, 5) is 28.9. The van der Waals surface area contributed by atoms with E-state index in [2.05, 4.69) is 10.2 Å². The molecule has 4 rings (SSSR count). The largest absolute Gasteiger partial charge is 0.348 e. The highest BCUT2D eigenvalue weighted by molar-refractivity contribution is 5.99. The van der Waals surface area contributed by atoms with Gasteiger partial charge in [-0.25, -0.2) is 0 Å². The van der Waals surface area contributed by atoms with Gasteiger partial charge in [0.2, 0.25) is 5.91 Å². The minimum Gasteiger partial charge on any atom is -0.348 e. The molecule has 3 aliphatic rings. The Kier molecular flexibility index (Phi) is 4.27. The van der Waals surface area contributed by atoms with Crippen LogP contribution in [0.1, 0.15) is 48.9 Å². The summed E-state index contributed by atoms with van der Waals surface area (Å²) in [7, 11) is 0. The molecule has 2 atom stereocenters. The average molecular weight is 327 g/mol. The minimum absolute atomic E-state index is 0.0130. The van der Waals surface area contributed by atoms with Crippen LogP contribution < -0.4 is 10.2 Å². The molecule has 128 valence electrons. The lowest BCUT2D eigenvalue weighted by molar-refractivity contribution is -0.117. The lowest BCUT2D eigenvalue weighted by atomic mass is 9.98. The van der Waals surface area contributed by atoms with E-state index in [-0.39, 0.29) is 17.9 Å². The highest BCUT2D eigenvalue weighted by Gasteiger charge is 2.36. The number of piperidine rings is 1. The maximum absolute atomic E-state index is 12.7. The standard InChI is InChI=1S/C19H25N3O2/c23-18-8-4-11-22(18)15-6-3-5-14(13-15)19(24)20-16-9-12-21-10-2-1-7-17(16)21/h3,5-6,13,16-17H,1-2,4,7-12H2,(H,20,24)/t16-,17-/m0/s1. The van der Waals surface area contributed by atoms with Crippen LogP contribution >= 0.6 is 0 Å². The van der Waals surface area contributed by atoms with Crippen LogP contribution in [0, 0.1) is 0 Å². The van der Waals surface area contributed by atoms with Gasteiger partial charge in [0.25, 0.3) is 5.91 Å². The summed E-state index contributed by atoms with van der Waals surface area (Å²) in [6, 6.07) is 8.25. The van der Waals surface area contributed by atoms with Crippen molar-refractivity contribution in [1.82, 2.24) is 10.2 Å². The van der Waals surface area contributed by atoms with Crippen molar-refractivity contribution in [2.75, 3.05) is 24.5 Å². The van der Waals surface area contributed by atoms with Gasteiger partial charge in [-0.05, 0) is 50.4 Å². The minimum atomic E-state index is -0.0130. The Hall–Kier alpha value is -1.88. The monoisotopic (exact) mass is 327 g/mol. The number of fused-ring (bicyclic) bond motifs is 1. The van der Waals surface area contributed by atoms with Crippen molar-refractivity contribution in [1.29, 1.82) is 0 Å². The maximum atomic E-state index is 12.7. The molecule has 5 nitrogen and oxygen atoms in total. The van der Waals surface area contributed by atoms with Gasteiger partial charge >= 0.3 is 0 Å². The molecule has 0 bridgehead atoms. The van der Waals surface area contributed by atoms with E-state index in [1.807, 2.05) is 24.3 Å². The molecule has 2 amide bonds. The second-order valence-electron chi connectivity index (χ2n) is 7.17. The quantitative estimate of drug-likeness (QED) is 0.926. The molecule has 0 aromatic heterocycles. The van der Waals surface area contributed by atoms with Crippen LogP contribution in [-0.4, -0.2) is 48.4 Å². The smallest absolute Gasteiger partial charge is 0.251 e. The molecule has 3 heterocycles. The van der Waals surface area contributed by atoms with Crippen molar-refractivity contribution in [3.63, 3.8) is 0 Å². The van der Waals surface area contributed by atoms with E-state index in [0.29, 0.717) is 18.0 Å². The van der Waals surface area contributed by atoms with Crippen molar-refractivity contribution in [3.8, 4) is 0 Å². The predicted octanol–water partition coefficient (Wildman–Crippen LogP) is 2.17. The molecular formula is C19H25N3O2. The van der Waals surface area contributed by atoms with Gasteiger partial charge in [0.05, 0.1) is 0 Å². The van der Waals surface area contributed by atoms with E-state index in [0.717, 1.165) is 31.6 Å². The van der Waals surface area contributed by atoms with Crippen molar-refractivity contribution in [3.05, 3.63) is 29.8 Å². The first-order valence-electron chi connectivity index (χ1n) is 9.18. The first-order chi connectivity index (χ1) is 11.7. The first-order valence-corrected chi connectivity index (χ1v) is 9.18. The summed E-state index contributed by atoms with van der Waals surface area (Å²) < 4.78 is 0. The number of amides is 2. The maximum Gasteiger partial charge on any atom is 0.251 e. The molecule has 1 aromatic rings. The number of nitrogens with one attached hydrogen (secondary N) is 1. The number of carbonyl (C=O) groups is 2. The predicted molar refractivity (Wildman–Crippen MR) is 93.1 cm³/mol. The molecule has 0 spiro atoms. The summed E-state index contributed by atoms with van der Waals surface area (Å²) in [6.07, 6.45) is 6.28. The second kappa shape index (κ2) is 6.55. The Bertz CT molecular complexity index is 645. The lowest BCUT2D eigenvalue weighted by Gasteiger charge is -2.32. The summed E-state index contributed by atoms with van der Waals surface area (Å²) >= 11 is 0. The Morgan fingerprint density at radius 2 is 2.00 bits per heavy atom. The second-order valence-corrected chi connectivity index (χ2v) is 7.17. The highest BCUT2D eigenvalue weighted by atomic mass is 16.2. The number of hydrogen-bond acceptors (Lipinski definition) is 3. The Morgan fingerprint density at radius 3 is 2.83 bits per heavy atom. The Morgan fingerprint density at radius 1 is 1.08 bits per heavy atom. The zero-order chi connectivity index (χ0) is 16.5.